The quantitative estimate of drug-likeness (QED) is 0.490. The fraction of sp³-hybridized carbons (Fsp3) is 0. The van der Waals surface area contributed by atoms with Crippen LogP contribution in [0.15, 0.2) is 69.0 Å². The number of thiophene rings is 1. The number of hydrogen-bond donors (Lipinski definition) is 0. The highest BCUT2D eigenvalue weighted by molar-refractivity contribution is 7.12. The lowest BCUT2D eigenvalue weighted by molar-refractivity contribution is -0.129. The molecule has 0 unspecified atom stereocenters. The maximum atomic E-state index is 12.0. The van der Waals surface area contributed by atoms with Crippen LogP contribution in [0.1, 0.15) is 10.6 Å². The molecule has 0 amide bonds. The lowest BCUT2D eigenvalue weighted by Gasteiger charge is -1.98. The van der Waals surface area contributed by atoms with Crippen LogP contribution in [0, 0.1) is 0 Å². The third-order valence-electron chi connectivity index (χ3n) is 3.40. The van der Waals surface area contributed by atoms with E-state index in [9.17, 15) is 4.79 Å². The average Bonchev–Trinajstić information content (AvgIpc) is 3.30. The van der Waals surface area contributed by atoms with Crippen molar-refractivity contribution in [3.05, 3.63) is 75.3 Å². The zero-order valence-electron chi connectivity index (χ0n) is 12.2. The van der Waals surface area contributed by atoms with Gasteiger partial charge in [0.05, 0.1) is 9.90 Å². The molecule has 4 nitrogen and oxygen atoms in total. The number of halogens is 1. The number of benzene rings is 1. The van der Waals surface area contributed by atoms with E-state index < -0.39 is 5.97 Å². The fourth-order valence-corrected chi connectivity index (χ4v) is 3.16. The van der Waals surface area contributed by atoms with Crippen molar-refractivity contribution in [1.82, 2.24) is 0 Å². The van der Waals surface area contributed by atoms with E-state index in [1.165, 1.54) is 11.3 Å². The molecular formula is C18H10ClNO3S. The van der Waals surface area contributed by atoms with Gasteiger partial charge >= 0.3 is 5.97 Å². The molecule has 0 fully saturated rings. The smallest absolute Gasteiger partial charge is 0.363 e. The zero-order chi connectivity index (χ0) is 16.5. The predicted molar refractivity (Wildman–Crippen MR) is 94.1 cm³/mol. The van der Waals surface area contributed by atoms with E-state index in [0.29, 0.717) is 22.4 Å². The summed E-state index contributed by atoms with van der Waals surface area (Å²) >= 11 is 7.63. The first-order valence-electron chi connectivity index (χ1n) is 7.12. The Kier molecular flexibility index (Phi) is 3.80. The Morgan fingerprint density at radius 1 is 1.08 bits per heavy atom. The molecule has 1 aromatic carbocycles. The number of nitrogens with zero attached hydrogens (tertiary/aromatic N) is 1. The Morgan fingerprint density at radius 3 is 2.75 bits per heavy atom. The zero-order valence-corrected chi connectivity index (χ0v) is 13.8. The third-order valence-corrected chi connectivity index (χ3v) is 4.58. The number of aliphatic imine (C=N–C) groups is 1. The van der Waals surface area contributed by atoms with Crippen molar-refractivity contribution < 1.29 is 13.9 Å². The molecule has 3 aromatic rings. The highest BCUT2D eigenvalue weighted by Gasteiger charge is 2.25. The number of rotatable bonds is 3. The van der Waals surface area contributed by atoms with E-state index in [-0.39, 0.29) is 5.70 Å². The first kappa shape index (κ1) is 14.9. The van der Waals surface area contributed by atoms with Crippen LogP contribution < -0.4 is 0 Å². The normalized spacial score (nSPS) is 15.6. The lowest BCUT2D eigenvalue weighted by atomic mass is 10.2. The van der Waals surface area contributed by atoms with Gasteiger partial charge in [-0.1, -0.05) is 29.8 Å². The Morgan fingerprint density at radius 2 is 1.96 bits per heavy atom. The van der Waals surface area contributed by atoms with E-state index in [1.807, 2.05) is 35.7 Å². The minimum atomic E-state index is -0.492. The van der Waals surface area contributed by atoms with E-state index in [4.69, 9.17) is 20.8 Å². The number of esters is 1. The van der Waals surface area contributed by atoms with Crippen molar-refractivity contribution in [3.8, 4) is 11.3 Å². The van der Waals surface area contributed by atoms with Gasteiger partial charge in [-0.15, -0.1) is 11.3 Å². The summed E-state index contributed by atoms with van der Waals surface area (Å²) in [4.78, 5) is 17.0. The van der Waals surface area contributed by atoms with Crippen LogP contribution in [0.4, 0.5) is 0 Å². The number of furan rings is 1. The van der Waals surface area contributed by atoms with Crippen LogP contribution in [-0.4, -0.2) is 11.9 Å². The largest absolute Gasteiger partial charge is 0.457 e. The Balaban J connectivity index is 1.65. The van der Waals surface area contributed by atoms with Gasteiger partial charge in [-0.05, 0) is 35.7 Å². The van der Waals surface area contributed by atoms with Gasteiger partial charge in [-0.3, -0.25) is 0 Å². The van der Waals surface area contributed by atoms with Crippen LogP contribution in [0.5, 0.6) is 0 Å². The summed E-state index contributed by atoms with van der Waals surface area (Å²) in [6.45, 7) is 0. The van der Waals surface area contributed by atoms with Gasteiger partial charge in [0.15, 0.2) is 5.70 Å². The van der Waals surface area contributed by atoms with Gasteiger partial charge in [-0.25, -0.2) is 9.79 Å². The van der Waals surface area contributed by atoms with E-state index in [0.717, 1.165) is 10.4 Å². The summed E-state index contributed by atoms with van der Waals surface area (Å²) in [5, 5.41) is 2.50. The van der Waals surface area contributed by atoms with Gasteiger partial charge in [0.2, 0.25) is 5.90 Å². The summed E-state index contributed by atoms with van der Waals surface area (Å²) in [5.74, 6) is 0.961. The molecule has 4 rings (SSSR count). The summed E-state index contributed by atoms with van der Waals surface area (Å²) in [7, 11) is 0. The number of ether oxygens (including phenoxy) is 1. The molecule has 1 aliphatic rings. The van der Waals surface area contributed by atoms with Gasteiger partial charge in [-0.2, -0.15) is 0 Å². The molecule has 2 aromatic heterocycles. The van der Waals surface area contributed by atoms with Gasteiger partial charge < -0.3 is 9.15 Å². The summed E-state index contributed by atoms with van der Waals surface area (Å²) in [6, 6.07) is 14.7. The molecule has 0 radical (unpaired) electrons. The van der Waals surface area contributed by atoms with Crippen molar-refractivity contribution in [1.29, 1.82) is 0 Å². The molecule has 0 bridgehead atoms. The molecule has 0 spiro atoms. The van der Waals surface area contributed by atoms with Crippen molar-refractivity contribution in [3.63, 3.8) is 0 Å². The second-order valence-corrected chi connectivity index (χ2v) is 6.35. The SMILES string of the molecule is O=C1OC(c2cccs2)=N/C1=C\c1ccc(-c2ccccc2Cl)o1. The highest BCUT2D eigenvalue weighted by Crippen LogP contribution is 2.30. The predicted octanol–water partition coefficient (Wildman–Crippen LogP) is 5.01. The Bertz CT molecular complexity index is 970. The molecule has 1 aliphatic heterocycles. The van der Waals surface area contributed by atoms with Gasteiger partial charge in [0.25, 0.3) is 0 Å². The van der Waals surface area contributed by atoms with Crippen molar-refractivity contribution in [2.75, 3.05) is 0 Å². The Hall–Kier alpha value is -2.63. The molecule has 24 heavy (non-hydrogen) atoms. The summed E-state index contributed by atoms with van der Waals surface area (Å²) in [6.07, 6.45) is 1.56. The molecule has 0 N–H and O–H groups in total. The van der Waals surface area contributed by atoms with Crippen molar-refractivity contribution >= 4 is 40.9 Å². The summed E-state index contributed by atoms with van der Waals surface area (Å²) < 4.78 is 10.9. The van der Waals surface area contributed by atoms with Crippen LogP contribution in [0.25, 0.3) is 17.4 Å². The Labute approximate surface area is 146 Å². The van der Waals surface area contributed by atoms with E-state index in [1.54, 1.807) is 24.3 Å². The minimum Gasteiger partial charge on any atom is -0.457 e. The second-order valence-electron chi connectivity index (χ2n) is 5.00. The number of carbonyl (C=O) groups excluding carboxylic acids is 1. The highest BCUT2D eigenvalue weighted by atomic mass is 35.5. The van der Waals surface area contributed by atoms with E-state index >= 15 is 0 Å². The number of hydrogen-bond acceptors (Lipinski definition) is 5. The van der Waals surface area contributed by atoms with Crippen molar-refractivity contribution in [2.24, 2.45) is 4.99 Å². The second kappa shape index (κ2) is 6.11. The minimum absolute atomic E-state index is 0.207. The molecule has 0 saturated carbocycles. The summed E-state index contributed by atoms with van der Waals surface area (Å²) in [5.41, 5.74) is 0.999. The topological polar surface area (TPSA) is 51.8 Å². The fourth-order valence-electron chi connectivity index (χ4n) is 2.29. The maximum absolute atomic E-state index is 12.0. The lowest BCUT2D eigenvalue weighted by Crippen LogP contribution is -2.03. The first-order valence-corrected chi connectivity index (χ1v) is 8.37. The molecular weight excluding hydrogens is 346 g/mol. The molecule has 118 valence electrons. The first-order chi connectivity index (χ1) is 11.7. The average molecular weight is 356 g/mol. The molecule has 0 saturated heterocycles. The molecule has 6 heteroatoms. The molecule has 3 heterocycles. The van der Waals surface area contributed by atoms with Crippen molar-refractivity contribution in [2.45, 2.75) is 0 Å². The third kappa shape index (κ3) is 2.79. The van der Waals surface area contributed by atoms with Crippen LogP contribution in [-0.2, 0) is 9.53 Å². The number of cyclic esters (lactones) is 1. The molecule has 0 atom stereocenters. The number of carbonyl (C=O) groups is 1. The van der Waals surface area contributed by atoms with Gasteiger partial charge in [0, 0.05) is 11.6 Å². The standard InChI is InChI=1S/C18H10ClNO3S/c19-13-5-2-1-4-12(13)15-8-7-11(22-15)10-14-18(21)23-17(20-14)16-6-3-9-24-16/h1-10H/b14-10-. The maximum Gasteiger partial charge on any atom is 0.363 e. The van der Waals surface area contributed by atoms with Crippen LogP contribution >= 0.6 is 22.9 Å². The van der Waals surface area contributed by atoms with Crippen LogP contribution in [0.2, 0.25) is 5.02 Å². The van der Waals surface area contributed by atoms with E-state index in [2.05, 4.69) is 4.99 Å². The van der Waals surface area contributed by atoms with Gasteiger partial charge in [0.1, 0.15) is 11.5 Å². The van der Waals surface area contributed by atoms with Crippen LogP contribution in [0.3, 0.4) is 0 Å². The monoisotopic (exact) mass is 355 g/mol. The molecule has 0 aliphatic carbocycles.